The first-order valence-corrected chi connectivity index (χ1v) is 9.27. The van der Waals surface area contributed by atoms with Gasteiger partial charge in [-0.1, -0.05) is 20.8 Å². The summed E-state index contributed by atoms with van der Waals surface area (Å²) in [7, 11) is -1.43. The van der Waals surface area contributed by atoms with E-state index in [0.29, 0.717) is 22.4 Å². The lowest BCUT2D eigenvalue weighted by Crippen LogP contribution is -2.21. The van der Waals surface area contributed by atoms with Gasteiger partial charge in [0.15, 0.2) is 0 Å². The second-order valence-corrected chi connectivity index (χ2v) is 8.39. The molecule has 0 amide bonds. The van der Waals surface area contributed by atoms with Crippen LogP contribution in [0, 0.1) is 28.4 Å². The summed E-state index contributed by atoms with van der Waals surface area (Å²) < 4.78 is 5.84. The van der Waals surface area contributed by atoms with Gasteiger partial charge in [-0.2, -0.15) is 5.26 Å². The van der Waals surface area contributed by atoms with E-state index < -0.39 is 19.4 Å². The third-order valence-electron chi connectivity index (χ3n) is 2.93. The topological polar surface area (TPSA) is 76.2 Å². The molecule has 0 bridgehead atoms. The Hall–Kier alpha value is -1.87. The summed E-state index contributed by atoms with van der Waals surface area (Å²) in [5.74, 6) is 0.480. The zero-order chi connectivity index (χ0) is 15.7. The van der Waals surface area contributed by atoms with Crippen molar-refractivity contribution in [2.45, 2.75) is 46.2 Å². The summed E-state index contributed by atoms with van der Waals surface area (Å²) in [6.45, 7) is 11.3. The standard InChI is InChI=1S/C14H20N2O3Si/c1-9-10(8-15)7-11(19-20(5)6)12(14(2,3)4)13(9)16(17)18/h7,20H,1-6H3. The molecule has 0 aliphatic carbocycles. The molecule has 0 saturated heterocycles. The molecule has 108 valence electrons. The molecule has 1 rings (SSSR count). The second kappa shape index (κ2) is 5.63. The largest absolute Gasteiger partial charge is 0.547 e. The molecule has 0 aromatic heterocycles. The summed E-state index contributed by atoms with van der Waals surface area (Å²) in [6.07, 6.45) is 0. The number of nitrogens with zero attached hydrogens (tertiary/aromatic N) is 2. The lowest BCUT2D eigenvalue weighted by atomic mass is 9.83. The molecular formula is C14H20N2O3Si. The fourth-order valence-corrected chi connectivity index (χ4v) is 2.85. The zero-order valence-electron chi connectivity index (χ0n) is 12.8. The van der Waals surface area contributed by atoms with Crippen LogP contribution in [0.5, 0.6) is 5.75 Å². The van der Waals surface area contributed by atoms with Crippen LogP contribution in [-0.2, 0) is 5.41 Å². The molecule has 0 aliphatic heterocycles. The highest BCUT2D eigenvalue weighted by molar-refractivity contribution is 6.49. The van der Waals surface area contributed by atoms with E-state index >= 15 is 0 Å². The molecule has 0 heterocycles. The third kappa shape index (κ3) is 3.17. The molecule has 20 heavy (non-hydrogen) atoms. The van der Waals surface area contributed by atoms with E-state index in [-0.39, 0.29) is 5.69 Å². The molecule has 0 N–H and O–H groups in total. The van der Waals surface area contributed by atoms with Crippen molar-refractivity contribution in [3.05, 3.63) is 32.9 Å². The van der Waals surface area contributed by atoms with Gasteiger partial charge in [-0.3, -0.25) is 10.1 Å². The maximum absolute atomic E-state index is 11.4. The van der Waals surface area contributed by atoms with Crippen LogP contribution in [0.25, 0.3) is 0 Å². The number of nitro groups is 1. The van der Waals surface area contributed by atoms with Gasteiger partial charge in [0.05, 0.1) is 22.1 Å². The third-order valence-corrected chi connectivity index (χ3v) is 3.66. The lowest BCUT2D eigenvalue weighted by molar-refractivity contribution is -0.386. The van der Waals surface area contributed by atoms with Crippen LogP contribution in [0.4, 0.5) is 5.69 Å². The molecule has 0 radical (unpaired) electrons. The Labute approximate surface area is 121 Å². The highest BCUT2D eigenvalue weighted by Crippen LogP contribution is 2.42. The van der Waals surface area contributed by atoms with E-state index in [1.807, 2.05) is 39.9 Å². The van der Waals surface area contributed by atoms with E-state index in [1.165, 1.54) is 0 Å². The van der Waals surface area contributed by atoms with Crippen molar-refractivity contribution in [1.82, 2.24) is 0 Å². The highest BCUT2D eigenvalue weighted by atomic mass is 28.3. The monoisotopic (exact) mass is 292 g/mol. The van der Waals surface area contributed by atoms with Crippen LogP contribution in [-0.4, -0.2) is 14.0 Å². The van der Waals surface area contributed by atoms with Crippen LogP contribution in [0.15, 0.2) is 6.07 Å². The Morgan fingerprint density at radius 1 is 1.40 bits per heavy atom. The lowest BCUT2D eigenvalue weighted by Gasteiger charge is -2.25. The van der Waals surface area contributed by atoms with Gasteiger partial charge < -0.3 is 4.43 Å². The van der Waals surface area contributed by atoms with Gasteiger partial charge in [-0.15, -0.1) is 0 Å². The van der Waals surface area contributed by atoms with Gasteiger partial charge in [-0.25, -0.2) is 0 Å². The smallest absolute Gasteiger partial charge is 0.280 e. The van der Waals surface area contributed by atoms with Crippen LogP contribution in [0.2, 0.25) is 13.1 Å². The summed E-state index contributed by atoms with van der Waals surface area (Å²) in [5.41, 5.74) is 0.843. The van der Waals surface area contributed by atoms with Gasteiger partial charge in [0.25, 0.3) is 5.69 Å². The first-order valence-electron chi connectivity index (χ1n) is 6.48. The van der Waals surface area contributed by atoms with Crippen molar-refractivity contribution < 1.29 is 9.35 Å². The first-order chi connectivity index (χ1) is 9.09. The van der Waals surface area contributed by atoms with Crippen LogP contribution in [0.3, 0.4) is 0 Å². The minimum Gasteiger partial charge on any atom is -0.547 e. The fraction of sp³-hybridized carbons (Fsp3) is 0.500. The van der Waals surface area contributed by atoms with E-state index in [9.17, 15) is 10.1 Å². The number of nitriles is 1. The molecule has 0 aliphatic rings. The van der Waals surface area contributed by atoms with Crippen molar-refractivity contribution in [2.75, 3.05) is 0 Å². The molecule has 5 nitrogen and oxygen atoms in total. The summed E-state index contributed by atoms with van der Waals surface area (Å²) in [4.78, 5) is 11.0. The molecule has 6 heteroatoms. The van der Waals surface area contributed by atoms with Gasteiger partial charge in [0, 0.05) is 5.56 Å². The Morgan fingerprint density at radius 3 is 2.30 bits per heavy atom. The van der Waals surface area contributed by atoms with Crippen LogP contribution >= 0.6 is 0 Å². The molecule has 1 aromatic carbocycles. The number of hydrogen-bond donors (Lipinski definition) is 0. The minimum atomic E-state index is -1.43. The minimum absolute atomic E-state index is 0.00111. The van der Waals surface area contributed by atoms with E-state index in [1.54, 1.807) is 13.0 Å². The van der Waals surface area contributed by atoms with Crippen molar-refractivity contribution in [3.63, 3.8) is 0 Å². The fourth-order valence-electron chi connectivity index (χ4n) is 2.16. The van der Waals surface area contributed by atoms with Crippen molar-refractivity contribution in [2.24, 2.45) is 0 Å². The van der Waals surface area contributed by atoms with E-state index in [4.69, 9.17) is 9.69 Å². The summed E-state index contributed by atoms with van der Waals surface area (Å²) in [6, 6.07) is 3.65. The van der Waals surface area contributed by atoms with E-state index in [0.717, 1.165) is 0 Å². The average Bonchev–Trinajstić information content (AvgIpc) is 2.27. The molecule has 0 atom stereocenters. The molecule has 1 aromatic rings. The number of rotatable bonds is 3. The van der Waals surface area contributed by atoms with Crippen molar-refractivity contribution in [1.29, 1.82) is 5.26 Å². The predicted molar refractivity (Wildman–Crippen MR) is 80.8 cm³/mol. The van der Waals surface area contributed by atoms with Crippen molar-refractivity contribution in [3.8, 4) is 11.8 Å². The highest BCUT2D eigenvalue weighted by Gasteiger charge is 2.33. The van der Waals surface area contributed by atoms with Crippen molar-refractivity contribution >= 4 is 14.7 Å². The Bertz CT molecular complexity index is 584. The molecule has 0 fully saturated rings. The Kier molecular flexibility index (Phi) is 4.56. The van der Waals surface area contributed by atoms with E-state index in [2.05, 4.69) is 0 Å². The first kappa shape index (κ1) is 16.2. The number of nitro benzene ring substituents is 1. The Balaban J connectivity index is 3.79. The SMILES string of the molecule is Cc1c(C#N)cc(O[SiH](C)C)c(C(C)(C)C)c1[N+](=O)[O-]. The van der Waals surface area contributed by atoms with Gasteiger partial charge in [0.1, 0.15) is 5.75 Å². The number of hydrogen-bond acceptors (Lipinski definition) is 4. The summed E-state index contributed by atoms with van der Waals surface area (Å²) >= 11 is 0. The zero-order valence-corrected chi connectivity index (χ0v) is 13.9. The molecular weight excluding hydrogens is 272 g/mol. The number of benzene rings is 1. The maximum atomic E-state index is 11.4. The molecule has 0 spiro atoms. The molecule has 0 unspecified atom stereocenters. The predicted octanol–water partition coefficient (Wildman–Crippen LogP) is 3.43. The molecule has 0 saturated carbocycles. The summed E-state index contributed by atoms with van der Waals surface area (Å²) in [5, 5.41) is 20.6. The normalized spacial score (nSPS) is 11.3. The average molecular weight is 292 g/mol. The second-order valence-electron chi connectivity index (χ2n) is 6.06. The van der Waals surface area contributed by atoms with Gasteiger partial charge in [0.2, 0.25) is 9.04 Å². The van der Waals surface area contributed by atoms with Crippen LogP contribution < -0.4 is 4.43 Å². The van der Waals surface area contributed by atoms with Gasteiger partial charge >= 0.3 is 0 Å². The van der Waals surface area contributed by atoms with Gasteiger partial charge in [-0.05, 0) is 31.5 Å². The quantitative estimate of drug-likeness (QED) is 0.486. The van der Waals surface area contributed by atoms with Crippen LogP contribution in [0.1, 0.15) is 37.5 Å². The maximum Gasteiger partial charge on any atom is 0.280 e. The Morgan fingerprint density at radius 2 is 1.95 bits per heavy atom.